The van der Waals surface area contributed by atoms with E-state index in [1.165, 1.54) is 0 Å². The number of halogens is 1. The van der Waals surface area contributed by atoms with Crippen LogP contribution in [-0.2, 0) is 6.54 Å². The fourth-order valence-electron chi connectivity index (χ4n) is 3.17. The molecule has 1 fully saturated rings. The van der Waals surface area contributed by atoms with Gasteiger partial charge in [0.25, 0.3) is 5.91 Å². The number of hydrogen-bond donors (Lipinski definition) is 2. The third kappa shape index (κ3) is 4.93. The van der Waals surface area contributed by atoms with Crippen molar-refractivity contribution in [3.8, 4) is 0 Å². The van der Waals surface area contributed by atoms with Crippen molar-refractivity contribution in [2.75, 3.05) is 18.0 Å². The second kappa shape index (κ2) is 8.96. The Morgan fingerprint density at radius 2 is 1.85 bits per heavy atom. The molecule has 0 spiro atoms. The number of nitrogens with zero attached hydrogens (tertiary/aromatic N) is 3. The highest BCUT2D eigenvalue weighted by molar-refractivity contribution is 5.94. The van der Waals surface area contributed by atoms with E-state index in [9.17, 15) is 4.79 Å². The van der Waals surface area contributed by atoms with Crippen molar-refractivity contribution >= 4 is 24.1 Å². The number of amides is 1. The fraction of sp³-hybridized carbons (Fsp3) is 0.421. The number of carbonyl (C=O) groups is 1. The molecule has 0 aliphatic carbocycles. The Hall–Kier alpha value is -2.18. The van der Waals surface area contributed by atoms with E-state index in [-0.39, 0.29) is 24.4 Å². The molecular weight excluding hydrogens is 350 g/mol. The average molecular weight is 376 g/mol. The molecule has 3 rings (SSSR count). The third-order valence-corrected chi connectivity index (χ3v) is 4.56. The predicted octanol–water partition coefficient (Wildman–Crippen LogP) is 2.37. The van der Waals surface area contributed by atoms with Gasteiger partial charge in [-0.25, -0.2) is 9.97 Å². The molecule has 1 amide bonds. The summed E-state index contributed by atoms with van der Waals surface area (Å²) >= 11 is 0. The van der Waals surface area contributed by atoms with Crippen molar-refractivity contribution in [3.63, 3.8) is 0 Å². The van der Waals surface area contributed by atoms with Crippen LogP contribution in [0.2, 0.25) is 0 Å². The summed E-state index contributed by atoms with van der Waals surface area (Å²) in [5.41, 5.74) is 8.29. The minimum atomic E-state index is -0.0178. The topological polar surface area (TPSA) is 84.1 Å². The van der Waals surface area contributed by atoms with Gasteiger partial charge in [-0.05, 0) is 44.4 Å². The van der Waals surface area contributed by atoms with Gasteiger partial charge in [-0.1, -0.05) is 12.1 Å². The molecule has 0 atom stereocenters. The number of rotatable bonds is 4. The van der Waals surface area contributed by atoms with Gasteiger partial charge < -0.3 is 16.0 Å². The van der Waals surface area contributed by atoms with Gasteiger partial charge in [0, 0.05) is 43.0 Å². The quantitative estimate of drug-likeness (QED) is 0.857. The molecule has 0 unspecified atom stereocenters. The molecule has 0 bridgehead atoms. The van der Waals surface area contributed by atoms with Gasteiger partial charge in [-0.2, -0.15) is 0 Å². The lowest BCUT2D eigenvalue weighted by atomic mass is 10.0. The molecule has 6 nitrogen and oxygen atoms in total. The number of nitrogens with one attached hydrogen (secondary N) is 1. The molecule has 2 heterocycles. The van der Waals surface area contributed by atoms with Crippen LogP contribution in [0.1, 0.15) is 40.3 Å². The van der Waals surface area contributed by atoms with E-state index in [4.69, 9.17) is 5.73 Å². The van der Waals surface area contributed by atoms with Crippen LogP contribution in [0.15, 0.2) is 30.3 Å². The SMILES string of the molecule is Cc1cc(N2CCC(NC(=O)c3ccc(CN)cc3)CC2)nc(C)n1.Cl. The summed E-state index contributed by atoms with van der Waals surface area (Å²) in [6, 6.07) is 9.68. The van der Waals surface area contributed by atoms with Crippen LogP contribution in [0.5, 0.6) is 0 Å². The fourth-order valence-corrected chi connectivity index (χ4v) is 3.17. The van der Waals surface area contributed by atoms with Crippen LogP contribution >= 0.6 is 12.4 Å². The maximum Gasteiger partial charge on any atom is 0.251 e. The molecule has 1 aliphatic heterocycles. The van der Waals surface area contributed by atoms with Crippen LogP contribution in [0.3, 0.4) is 0 Å². The zero-order valence-corrected chi connectivity index (χ0v) is 16.1. The van der Waals surface area contributed by atoms with Crippen LogP contribution in [0, 0.1) is 13.8 Å². The lowest BCUT2D eigenvalue weighted by Gasteiger charge is -2.33. The van der Waals surface area contributed by atoms with Crippen LogP contribution < -0.4 is 16.0 Å². The first kappa shape index (κ1) is 20.1. The Balaban J connectivity index is 0.00000243. The lowest BCUT2D eigenvalue weighted by molar-refractivity contribution is 0.0931. The highest BCUT2D eigenvalue weighted by Gasteiger charge is 2.22. The number of benzene rings is 1. The van der Waals surface area contributed by atoms with Crippen molar-refractivity contribution in [2.45, 2.75) is 39.3 Å². The van der Waals surface area contributed by atoms with Crippen molar-refractivity contribution in [3.05, 3.63) is 53.0 Å². The van der Waals surface area contributed by atoms with E-state index < -0.39 is 0 Å². The zero-order chi connectivity index (χ0) is 17.8. The zero-order valence-electron chi connectivity index (χ0n) is 15.2. The molecule has 7 heteroatoms. The van der Waals surface area contributed by atoms with Gasteiger partial charge in [0.1, 0.15) is 11.6 Å². The van der Waals surface area contributed by atoms with Crippen LogP contribution in [0.25, 0.3) is 0 Å². The number of piperidine rings is 1. The first-order valence-electron chi connectivity index (χ1n) is 8.72. The number of carbonyl (C=O) groups excluding carboxylic acids is 1. The van der Waals surface area contributed by atoms with Crippen molar-refractivity contribution < 1.29 is 4.79 Å². The van der Waals surface area contributed by atoms with Gasteiger partial charge in [-0.3, -0.25) is 4.79 Å². The molecule has 2 aromatic rings. The first-order valence-corrected chi connectivity index (χ1v) is 8.72. The summed E-state index contributed by atoms with van der Waals surface area (Å²) in [5, 5.41) is 3.14. The maximum atomic E-state index is 12.4. The van der Waals surface area contributed by atoms with Gasteiger partial charge in [-0.15, -0.1) is 12.4 Å². The standard InChI is InChI=1S/C19H25N5O.ClH/c1-13-11-18(22-14(2)21-13)24-9-7-17(8-10-24)23-19(25)16-5-3-15(12-20)4-6-16;/h3-6,11,17H,7-10,12,20H2,1-2H3,(H,23,25);1H. The van der Waals surface area contributed by atoms with Gasteiger partial charge >= 0.3 is 0 Å². The number of aryl methyl sites for hydroxylation is 2. The first-order chi connectivity index (χ1) is 12.0. The van der Waals surface area contributed by atoms with Gasteiger partial charge in [0.2, 0.25) is 0 Å². The minimum Gasteiger partial charge on any atom is -0.356 e. The lowest BCUT2D eigenvalue weighted by Crippen LogP contribution is -2.45. The van der Waals surface area contributed by atoms with Crippen molar-refractivity contribution in [1.82, 2.24) is 15.3 Å². The molecular formula is C19H26ClN5O. The number of aromatic nitrogens is 2. The molecule has 140 valence electrons. The number of hydrogen-bond acceptors (Lipinski definition) is 5. The second-order valence-corrected chi connectivity index (χ2v) is 6.55. The largest absolute Gasteiger partial charge is 0.356 e. The molecule has 3 N–H and O–H groups in total. The average Bonchev–Trinajstić information content (AvgIpc) is 2.61. The van der Waals surface area contributed by atoms with E-state index in [0.717, 1.165) is 48.8 Å². The van der Waals surface area contributed by atoms with E-state index in [1.54, 1.807) is 0 Å². The summed E-state index contributed by atoms with van der Waals surface area (Å²) in [7, 11) is 0. The van der Waals surface area contributed by atoms with Crippen LogP contribution in [0.4, 0.5) is 5.82 Å². The monoisotopic (exact) mass is 375 g/mol. The molecule has 0 saturated carbocycles. The smallest absolute Gasteiger partial charge is 0.251 e. The number of anilines is 1. The van der Waals surface area contributed by atoms with Crippen molar-refractivity contribution in [2.24, 2.45) is 5.73 Å². The Bertz CT molecular complexity index is 722. The van der Waals surface area contributed by atoms with Gasteiger partial charge in [0.05, 0.1) is 0 Å². The Morgan fingerprint density at radius 3 is 2.42 bits per heavy atom. The summed E-state index contributed by atoms with van der Waals surface area (Å²) in [6.07, 6.45) is 1.82. The third-order valence-electron chi connectivity index (χ3n) is 4.56. The second-order valence-electron chi connectivity index (χ2n) is 6.55. The summed E-state index contributed by atoms with van der Waals surface area (Å²) < 4.78 is 0. The minimum absolute atomic E-state index is 0. The van der Waals surface area contributed by atoms with E-state index in [2.05, 4.69) is 20.2 Å². The molecule has 0 radical (unpaired) electrons. The summed E-state index contributed by atoms with van der Waals surface area (Å²) in [5.74, 6) is 1.76. The predicted molar refractivity (Wildman–Crippen MR) is 106 cm³/mol. The van der Waals surface area contributed by atoms with Crippen LogP contribution in [-0.4, -0.2) is 35.0 Å². The van der Waals surface area contributed by atoms with Crippen molar-refractivity contribution in [1.29, 1.82) is 0 Å². The summed E-state index contributed by atoms with van der Waals surface area (Å²) in [6.45, 7) is 6.16. The van der Waals surface area contributed by atoms with E-state index in [0.29, 0.717) is 12.1 Å². The highest BCUT2D eigenvalue weighted by Crippen LogP contribution is 2.19. The molecule has 1 aliphatic rings. The molecule has 1 aromatic carbocycles. The summed E-state index contributed by atoms with van der Waals surface area (Å²) in [4.78, 5) is 23.5. The highest BCUT2D eigenvalue weighted by atomic mass is 35.5. The Morgan fingerprint density at radius 1 is 1.19 bits per heavy atom. The number of nitrogens with two attached hydrogens (primary N) is 1. The van der Waals surface area contributed by atoms with E-state index >= 15 is 0 Å². The molecule has 1 aromatic heterocycles. The van der Waals surface area contributed by atoms with E-state index in [1.807, 2.05) is 44.2 Å². The normalized spacial score (nSPS) is 14.7. The van der Waals surface area contributed by atoms with Gasteiger partial charge in [0.15, 0.2) is 0 Å². The Kier molecular flexibility index (Phi) is 6.94. The maximum absolute atomic E-state index is 12.4. The molecule has 1 saturated heterocycles. The Labute approximate surface area is 160 Å². The molecule has 26 heavy (non-hydrogen) atoms.